The molecule has 1 saturated carbocycles. The molecular weight excluding hydrogens is 399 g/mol. The van der Waals surface area contributed by atoms with Gasteiger partial charge in [-0.15, -0.1) is 10.2 Å². The molecule has 0 spiro atoms. The van der Waals surface area contributed by atoms with Gasteiger partial charge < -0.3 is 5.32 Å². The first-order valence-electron chi connectivity index (χ1n) is 10.3. The molecule has 4 rings (SSSR count). The lowest BCUT2D eigenvalue weighted by molar-refractivity contribution is -0.119. The van der Waals surface area contributed by atoms with Crippen molar-refractivity contribution in [3.05, 3.63) is 66.0 Å². The third-order valence-corrected chi connectivity index (χ3v) is 6.27. The van der Waals surface area contributed by atoms with Crippen LogP contribution in [-0.2, 0) is 11.3 Å². The minimum Gasteiger partial charge on any atom is -0.353 e. The number of hydrogen-bond acceptors (Lipinski definition) is 4. The molecule has 7 heteroatoms. The summed E-state index contributed by atoms with van der Waals surface area (Å²) >= 11 is 1.38. The lowest BCUT2D eigenvalue weighted by Gasteiger charge is -2.22. The van der Waals surface area contributed by atoms with Gasteiger partial charge in [0.05, 0.1) is 12.3 Å². The summed E-state index contributed by atoms with van der Waals surface area (Å²) in [5, 5.41) is 12.5. The molecule has 1 heterocycles. The van der Waals surface area contributed by atoms with Crippen molar-refractivity contribution in [3.63, 3.8) is 0 Å². The molecule has 1 fully saturated rings. The van der Waals surface area contributed by atoms with Crippen LogP contribution in [0.3, 0.4) is 0 Å². The average Bonchev–Trinajstić information content (AvgIpc) is 3.16. The van der Waals surface area contributed by atoms with E-state index in [1.54, 1.807) is 12.1 Å². The van der Waals surface area contributed by atoms with Crippen molar-refractivity contribution in [2.24, 2.45) is 0 Å². The number of rotatable bonds is 7. The zero-order chi connectivity index (χ0) is 20.8. The minimum absolute atomic E-state index is 0.0319. The summed E-state index contributed by atoms with van der Waals surface area (Å²) in [6.07, 6.45) is 5.76. The van der Waals surface area contributed by atoms with Gasteiger partial charge in [-0.05, 0) is 42.7 Å². The van der Waals surface area contributed by atoms with Crippen molar-refractivity contribution < 1.29 is 9.18 Å². The van der Waals surface area contributed by atoms with Gasteiger partial charge in [-0.2, -0.15) is 0 Å². The van der Waals surface area contributed by atoms with E-state index in [2.05, 4.69) is 15.5 Å². The fraction of sp³-hybridized carbons (Fsp3) is 0.348. The minimum atomic E-state index is -0.290. The Bertz CT molecular complexity index is 969. The Balaban J connectivity index is 1.51. The van der Waals surface area contributed by atoms with E-state index in [1.807, 2.05) is 34.9 Å². The highest BCUT2D eigenvalue weighted by molar-refractivity contribution is 7.99. The topological polar surface area (TPSA) is 59.8 Å². The lowest BCUT2D eigenvalue weighted by Crippen LogP contribution is -2.37. The molecule has 1 aromatic heterocycles. The highest BCUT2D eigenvalue weighted by atomic mass is 32.2. The second kappa shape index (κ2) is 9.89. The molecule has 0 unspecified atom stereocenters. The molecule has 1 amide bonds. The van der Waals surface area contributed by atoms with Crippen molar-refractivity contribution in [1.29, 1.82) is 0 Å². The first-order valence-corrected chi connectivity index (χ1v) is 11.3. The number of nitrogens with zero attached hydrogens (tertiary/aromatic N) is 3. The summed E-state index contributed by atoms with van der Waals surface area (Å²) in [6, 6.07) is 16.6. The van der Waals surface area contributed by atoms with Crippen LogP contribution in [0.5, 0.6) is 0 Å². The molecule has 0 saturated heterocycles. The van der Waals surface area contributed by atoms with Crippen molar-refractivity contribution in [3.8, 4) is 11.4 Å². The third kappa shape index (κ3) is 5.27. The fourth-order valence-corrected chi connectivity index (χ4v) is 4.51. The highest BCUT2D eigenvalue weighted by Crippen LogP contribution is 2.26. The summed E-state index contributed by atoms with van der Waals surface area (Å²) < 4.78 is 15.4. The number of nitrogens with one attached hydrogen (secondary N) is 1. The van der Waals surface area contributed by atoms with Crippen LogP contribution in [0.2, 0.25) is 0 Å². The Hall–Kier alpha value is -2.67. The Kier molecular flexibility index (Phi) is 6.79. The van der Waals surface area contributed by atoms with E-state index < -0.39 is 0 Å². The first-order chi connectivity index (χ1) is 14.7. The van der Waals surface area contributed by atoms with Gasteiger partial charge in [0.25, 0.3) is 0 Å². The zero-order valence-corrected chi connectivity index (χ0v) is 17.6. The van der Waals surface area contributed by atoms with Crippen LogP contribution in [0.4, 0.5) is 4.39 Å². The quantitative estimate of drug-likeness (QED) is 0.560. The molecule has 1 N–H and O–H groups in total. The molecule has 1 aliphatic rings. The number of amides is 1. The van der Waals surface area contributed by atoms with E-state index in [9.17, 15) is 9.18 Å². The van der Waals surface area contributed by atoms with E-state index in [1.165, 1.54) is 43.2 Å². The number of halogens is 1. The Morgan fingerprint density at radius 1 is 1.03 bits per heavy atom. The highest BCUT2D eigenvalue weighted by Gasteiger charge is 2.19. The molecule has 0 atom stereocenters. The molecule has 3 aromatic rings. The summed E-state index contributed by atoms with van der Waals surface area (Å²) in [7, 11) is 0. The van der Waals surface area contributed by atoms with Crippen molar-refractivity contribution in [2.45, 2.75) is 49.8 Å². The molecule has 1 aliphatic carbocycles. The Morgan fingerprint density at radius 2 is 1.77 bits per heavy atom. The molecule has 156 valence electrons. The summed E-state index contributed by atoms with van der Waals surface area (Å²) in [5.41, 5.74) is 1.90. The van der Waals surface area contributed by atoms with Gasteiger partial charge in [0, 0.05) is 11.6 Å². The van der Waals surface area contributed by atoms with Gasteiger partial charge in [-0.1, -0.05) is 61.4 Å². The van der Waals surface area contributed by atoms with Crippen LogP contribution >= 0.6 is 11.8 Å². The van der Waals surface area contributed by atoms with E-state index in [0.29, 0.717) is 29.3 Å². The normalized spacial score (nSPS) is 14.6. The van der Waals surface area contributed by atoms with Crippen LogP contribution in [-0.4, -0.2) is 32.5 Å². The second-order valence-corrected chi connectivity index (χ2v) is 8.52. The summed E-state index contributed by atoms with van der Waals surface area (Å²) in [6.45, 7) is 0.577. The van der Waals surface area contributed by atoms with Gasteiger partial charge >= 0.3 is 0 Å². The number of carbonyl (C=O) groups excluding carboxylic acids is 1. The van der Waals surface area contributed by atoms with Crippen LogP contribution in [0.1, 0.15) is 37.7 Å². The number of thioether (sulfide) groups is 1. The van der Waals surface area contributed by atoms with Crippen molar-refractivity contribution >= 4 is 17.7 Å². The predicted octanol–water partition coefficient (Wildman–Crippen LogP) is 4.67. The Labute approximate surface area is 180 Å². The molecule has 2 aromatic carbocycles. The predicted molar refractivity (Wildman–Crippen MR) is 117 cm³/mol. The molecule has 30 heavy (non-hydrogen) atoms. The fourth-order valence-electron chi connectivity index (χ4n) is 3.76. The smallest absolute Gasteiger partial charge is 0.230 e. The molecular formula is C23H25FN4OS. The van der Waals surface area contributed by atoms with E-state index >= 15 is 0 Å². The number of benzene rings is 2. The summed E-state index contributed by atoms with van der Waals surface area (Å²) in [4.78, 5) is 12.4. The first kappa shape index (κ1) is 20.6. The average molecular weight is 425 g/mol. The van der Waals surface area contributed by atoms with Gasteiger partial charge in [0.1, 0.15) is 5.82 Å². The standard InChI is InChI=1S/C23H25FN4OS/c24-19-13-11-18(12-14-19)22-26-27-23(28(22)15-17-7-3-1-4-8-17)30-16-21(29)25-20-9-5-2-6-10-20/h1,3-4,7-8,11-14,20H,2,5-6,9-10,15-16H2,(H,25,29). The Morgan fingerprint density at radius 3 is 2.50 bits per heavy atom. The maximum absolute atomic E-state index is 13.4. The molecule has 0 aliphatic heterocycles. The van der Waals surface area contributed by atoms with E-state index in [4.69, 9.17) is 0 Å². The van der Waals surface area contributed by atoms with Crippen LogP contribution in [0.25, 0.3) is 11.4 Å². The largest absolute Gasteiger partial charge is 0.353 e. The van der Waals surface area contributed by atoms with Crippen LogP contribution in [0.15, 0.2) is 59.8 Å². The van der Waals surface area contributed by atoms with Gasteiger partial charge in [0.15, 0.2) is 11.0 Å². The maximum atomic E-state index is 13.4. The lowest BCUT2D eigenvalue weighted by atomic mass is 9.95. The zero-order valence-electron chi connectivity index (χ0n) is 16.8. The number of aromatic nitrogens is 3. The third-order valence-electron chi connectivity index (χ3n) is 5.31. The molecule has 5 nitrogen and oxygen atoms in total. The number of hydrogen-bond donors (Lipinski definition) is 1. The molecule has 0 radical (unpaired) electrons. The van der Waals surface area contributed by atoms with E-state index in [0.717, 1.165) is 24.0 Å². The van der Waals surface area contributed by atoms with Crippen LogP contribution < -0.4 is 5.32 Å². The van der Waals surface area contributed by atoms with Crippen LogP contribution in [0, 0.1) is 5.82 Å². The van der Waals surface area contributed by atoms with Crippen molar-refractivity contribution in [1.82, 2.24) is 20.1 Å². The SMILES string of the molecule is O=C(CSc1nnc(-c2ccc(F)cc2)n1Cc1ccccc1)NC1CCCCC1. The summed E-state index contributed by atoms with van der Waals surface area (Å²) in [5.74, 6) is 0.702. The van der Waals surface area contributed by atoms with Gasteiger partial charge in [-0.3, -0.25) is 9.36 Å². The second-order valence-electron chi connectivity index (χ2n) is 7.58. The number of carbonyl (C=O) groups is 1. The van der Waals surface area contributed by atoms with Crippen molar-refractivity contribution in [2.75, 3.05) is 5.75 Å². The van der Waals surface area contributed by atoms with Gasteiger partial charge in [0.2, 0.25) is 5.91 Å². The maximum Gasteiger partial charge on any atom is 0.230 e. The van der Waals surface area contributed by atoms with E-state index in [-0.39, 0.29) is 11.7 Å². The molecule has 0 bridgehead atoms. The monoisotopic (exact) mass is 424 g/mol. The van der Waals surface area contributed by atoms with Gasteiger partial charge in [-0.25, -0.2) is 4.39 Å².